The minimum atomic E-state index is 0.853. The van der Waals surface area contributed by atoms with Gasteiger partial charge in [0, 0.05) is 16.7 Å². The van der Waals surface area contributed by atoms with Crippen LogP contribution in [0.1, 0.15) is 44.4 Å². The van der Waals surface area contributed by atoms with Gasteiger partial charge >= 0.3 is 0 Å². The fraction of sp³-hybridized carbons (Fsp3) is 0.135. The summed E-state index contributed by atoms with van der Waals surface area (Å²) in [4.78, 5) is 16.1. The lowest BCUT2D eigenvalue weighted by Gasteiger charge is -2.17. The Hall–Kier alpha value is -7.05. The largest absolute Gasteiger partial charge is 0.292 e. The first-order valence-corrected chi connectivity index (χ1v) is 20.3. The highest BCUT2D eigenvalue weighted by atomic mass is 15.1. The fourth-order valence-corrected chi connectivity index (χ4v) is 7.85. The van der Waals surface area contributed by atoms with Gasteiger partial charge in [0.15, 0.2) is 0 Å². The van der Waals surface area contributed by atoms with E-state index in [1.165, 1.54) is 16.7 Å². The third-order valence-electron chi connectivity index (χ3n) is 10.5. The van der Waals surface area contributed by atoms with Gasteiger partial charge in [0.2, 0.25) is 0 Å². The van der Waals surface area contributed by atoms with E-state index < -0.39 is 0 Å². The van der Waals surface area contributed by atoms with E-state index in [9.17, 15) is 0 Å². The molecule has 0 saturated carbocycles. The van der Waals surface area contributed by atoms with Crippen molar-refractivity contribution in [1.29, 1.82) is 0 Å². The number of imidazole rings is 3. The number of hydrogen-bond acceptors (Lipinski definition) is 3. The maximum Gasteiger partial charge on any atom is 0.145 e. The minimum absolute atomic E-state index is 0.853. The third kappa shape index (κ3) is 6.56. The summed E-state index contributed by atoms with van der Waals surface area (Å²) in [5.74, 6) is 2.56. The summed E-state index contributed by atoms with van der Waals surface area (Å²) in [6.07, 6.45) is 0. The molecule has 0 atom stereocenters. The number of para-hydroxylation sites is 9. The van der Waals surface area contributed by atoms with Gasteiger partial charge in [-0.2, -0.15) is 0 Å². The zero-order valence-electron chi connectivity index (χ0n) is 34.3. The Bertz CT molecular complexity index is 2710. The molecule has 0 amide bonds. The highest BCUT2D eigenvalue weighted by molar-refractivity contribution is 5.90. The average molecular weight is 757 g/mol. The van der Waals surface area contributed by atoms with Crippen LogP contribution in [-0.2, 0) is 0 Å². The maximum absolute atomic E-state index is 5.35. The second-order valence-corrected chi connectivity index (χ2v) is 13.9. The first-order chi connectivity index (χ1) is 28.5. The van der Waals surface area contributed by atoms with E-state index >= 15 is 0 Å². The normalized spacial score (nSPS) is 11.0. The summed E-state index contributed by atoms with van der Waals surface area (Å²) in [5, 5.41) is 0. The SMILES string of the molecule is CC.CC.Cc1ccccc1-n1c(-c2cc(-c3nc4ccccc4n3-c3ccccc3C)cc(-c3nc4ccccc4n3-c3ccccc3C)c2)nc2ccccc21. The smallest absolute Gasteiger partial charge is 0.145 e. The Labute approximate surface area is 340 Å². The van der Waals surface area contributed by atoms with Crippen molar-refractivity contribution in [1.82, 2.24) is 28.7 Å². The Morgan fingerprint density at radius 3 is 0.828 bits per heavy atom. The van der Waals surface area contributed by atoms with Gasteiger partial charge in [-0.3, -0.25) is 13.7 Å². The summed E-state index contributed by atoms with van der Waals surface area (Å²) < 4.78 is 6.88. The molecule has 0 N–H and O–H groups in total. The molecule has 10 rings (SSSR count). The van der Waals surface area contributed by atoms with Gasteiger partial charge in [0.25, 0.3) is 0 Å². The second-order valence-electron chi connectivity index (χ2n) is 13.9. The van der Waals surface area contributed by atoms with Crippen molar-refractivity contribution in [3.05, 3.63) is 180 Å². The zero-order valence-corrected chi connectivity index (χ0v) is 34.3. The molecule has 7 aromatic carbocycles. The number of nitrogens with zero attached hydrogens (tertiary/aromatic N) is 6. The van der Waals surface area contributed by atoms with E-state index in [1.807, 2.05) is 27.7 Å². The molecule has 0 bridgehead atoms. The standard InChI is InChI=1S/C48H36N6.2C2H6/c1-31-16-4-10-22-40(31)52-43-25-13-7-19-37(43)49-46(52)34-28-35(47-50-38-20-8-14-26-44(38)53(47)41-23-11-5-17-32(41)2)30-36(29-34)48-51-39-21-9-15-27-45(39)54(48)42-24-12-6-18-33(42)3;2*1-2/h4-30H,1-3H3;2*1-2H3. The maximum atomic E-state index is 5.35. The summed E-state index contributed by atoms with van der Waals surface area (Å²) >= 11 is 0. The molecule has 0 spiro atoms. The molecule has 0 aliphatic heterocycles. The van der Waals surface area contributed by atoms with E-state index in [1.54, 1.807) is 0 Å². The molecule has 0 fully saturated rings. The number of hydrogen-bond donors (Lipinski definition) is 0. The molecule has 0 radical (unpaired) electrons. The van der Waals surface area contributed by atoms with Crippen LogP contribution in [0, 0.1) is 20.8 Å². The van der Waals surface area contributed by atoms with E-state index in [4.69, 9.17) is 15.0 Å². The van der Waals surface area contributed by atoms with Crippen LogP contribution < -0.4 is 0 Å². The Balaban J connectivity index is 0.00000114. The van der Waals surface area contributed by atoms with Crippen LogP contribution in [0.5, 0.6) is 0 Å². The van der Waals surface area contributed by atoms with Gasteiger partial charge < -0.3 is 0 Å². The van der Waals surface area contributed by atoms with Crippen LogP contribution in [-0.4, -0.2) is 28.7 Å². The first-order valence-electron chi connectivity index (χ1n) is 20.3. The summed E-state index contributed by atoms with van der Waals surface area (Å²) in [6, 6.07) is 57.4. The third-order valence-corrected chi connectivity index (χ3v) is 10.5. The van der Waals surface area contributed by atoms with Gasteiger partial charge in [-0.15, -0.1) is 0 Å². The molecular formula is C52H48N6. The van der Waals surface area contributed by atoms with E-state index in [-0.39, 0.29) is 0 Å². The number of aryl methyl sites for hydroxylation is 3. The molecule has 6 nitrogen and oxygen atoms in total. The lowest BCUT2D eigenvalue weighted by Crippen LogP contribution is -2.03. The first kappa shape index (κ1) is 37.9. The van der Waals surface area contributed by atoms with Crippen molar-refractivity contribution in [2.45, 2.75) is 48.5 Å². The topological polar surface area (TPSA) is 53.5 Å². The van der Waals surface area contributed by atoms with Crippen LogP contribution in [0.3, 0.4) is 0 Å². The van der Waals surface area contributed by atoms with Crippen molar-refractivity contribution >= 4 is 33.1 Å². The Morgan fingerprint density at radius 2 is 0.552 bits per heavy atom. The summed E-state index contributed by atoms with van der Waals surface area (Å²) in [7, 11) is 0. The van der Waals surface area contributed by atoms with E-state index in [0.29, 0.717) is 0 Å². The molecule has 0 aliphatic carbocycles. The van der Waals surface area contributed by atoms with Gasteiger partial charge in [-0.1, -0.05) is 119 Å². The van der Waals surface area contributed by atoms with Gasteiger partial charge in [0.05, 0.1) is 50.2 Å². The van der Waals surface area contributed by atoms with Crippen molar-refractivity contribution < 1.29 is 0 Å². The Kier molecular flexibility index (Phi) is 10.6. The molecule has 58 heavy (non-hydrogen) atoms. The van der Waals surface area contributed by atoms with Crippen molar-refractivity contribution in [2.24, 2.45) is 0 Å². The lowest BCUT2D eigenvalue weighted by atomic mass is 10.0. The van der Waals surface area contributed by atoms with Crippen LogP contribution in [0.25, 0.3) is 84.3 Å². The van der Waals surface area contributed by atoms with Crippen LogP contribution in [0.15, 0.2) is 164 Å². The molecule has 0 aliphatic rings. The molecule has 3 aromatic heterocycles. The van der Waals surface area contributed by atoms with Crippen molar-refractivity contribution in [3.63, 3.8) is 0 Å². The minimum Gasteiger partial charge on any atom is -0.292 e. The number of aromatic nitrogens is 6. The van der Waals surface area contributed by atoms with Crippen molar-refractivity contribution in [3.8, 4) is 51.2 Å². The van der Waals surface area contributed by atoms with Crippen molar-refractivity contribution in [2.75, 3.05) is 0 Å². The Morgan fingerprint density at radius 1 is 0.310 bits per heavy atom. The van der Waals surface area contributed by atoms with Crippen LogP contribution in [0.2, 0.25) is 0 Å². The molecule has 3 heterocycles. The predicted octanol–water partition coefficient (Wildman–Crippen LogP) is 13.7. The molecule has 286 valence electrons. The number of rotatable bonds is 6. The predicted molar refractivity (Wildman–Crippen MR) is 244 cm³/mol. The number of benzene rings is 7. The molecule has 6 heteroatoms. The molecule has 0 saturated heterocycles. The van der Waals surface area contributed by atoms with E-state index in [0.717, 1.165) is 84.3 Å². The fourth-order valence-electron chi connectivity index (χ4n) is 7.85. The number of fused-ring (bicyclic) bond motifs is 3. The van der Waals surface area contributed by atoms with Crippen LogP contribution in [0.4, 0.5) is 0 Å². The van der Waals surface area contributed by atoms with Crippen LogP contribution >= 0.6 is 0 Å². The van der Waals surface area contributed by atoms with Gasteiger partial charge in [-0.25, -0.2) is 15.0 Å². The lowest BCUT2D eigenvalue weighted by molar-refractivity contribution is 1.07. The second kappa shape index (κ2) is 16.2. The highest BCUT2D eigenvalue weighted by Crippen LogP contribution is 2.39. The highest BCUT2D eigenvalue weighted by Gasteiger charge is 2.23. The van der Waals surface area contributed by atoms with Gasteiger partial charge in [-0.05, 0) is 110 Å². The molecular weight excluding hydrogens is 709 g/mol. The molecule has 0 unspecified atom stereocenters. The average Bonchev–Trinajstić information content (AvgIpc) is 3.98. The summed E-state index contributed by atoms with van der Waals surface area (Å²) in [6.45, 7) is 14.5. The molecule has 10 aromatic rings. The zero-order chi connectivity index (χ0) is 40.3. The summed E-state index contributed by atoms with van der Waals surface area (Å²) in [5.41, 5.74) is 15.6. The van der Waals surface area contributed by atoms with E-state index in [2.05, 4.69) is 198 Å². The monoisotopic (exact) mass is 756 g/mol. The van der Waals surface area contributed by atoms with Gasteiger partial charge in [0.1, 0.15) is 17.5 Å². The quantitative estimate of drug-likeness (QED) is 0.170.